The van der Waals surface area contributed by atoms with Gasteiger partial charge in [0.25, 0.3) is 0 Å². The third kappa shape index (κ3) is 2.00. The van der Waals surface area contributed by atoms with Crippen LogP contribution in [0.4, 0.5) is 0 Å². The van der Waals surface area contributed by atoms with Crippen molar-refractivity contribution in [2.45, 2.75) is 32.6 Å². The summed E-state index contributed by atoms with van der Waals surface area (Å²) in [4.78, 5) is 4.50. The molecule has 0 unspecified atom stereocenters. The summed E-state index contributed by atoms with van der Waals surface area (Å²) in [5, 5.41) is 3.11. The van der Waals surface area contributed by atoms with Crippen molar-refractivity contribution in [2.75, 3.05) is 13.1 Å². The second-order valence-electron chi connectivity index (χ2n) is 4.48. The Morgan fingerprint density at radius 3 is 2.64 bits per heavy atom. The molecule has 0 atom stereocenters. The van der Waals surface area contributed by atoms with E-state index < -0.39 is 0 Å². The Kier molecular flexibility index (Phi) is 2.63. The second kappa shape index (κ2) is 3.77. The van der Waals surface area contributed by atoms with Crippen LogP contribution in [0, 0.1) is 11.3 Å². The van der Waals surface area contributed by atoms with Crippen LogP contribution in [0.1, 0.15) is 32.6 Å². The van der Waals surface area contributed by atoms with Crippen molar-refractivity contribution in [3.8, 4) is 0 Å². The molecule has 4 nitrogen and oxygen atoms in total. The van der Waals surface area contributed by atoms with Crippen LogP contribution in [0.3, 0.4) is 0 Å². The van der Waals surface area contributed by atoms with Crippen LogP contribution < -0.4 is 16.6 Å². The molecule has 0 bridgehead atoms. The van der Waals surface area contributed by atoms with Crippen LogP contribution in [-0.4, -0.2) is 19.0 Å². The van der Waals surface area contributed by atoms with Gasteiger partial charge in [-0.25, -0.2) is 5.84 Å². The molecule has 0 aromatic heterocycles. The standard InChI is InChI=1S/C10H20N4/c1-2-12-9(14-11)13-7-10(5-6-10)8-3-4-8/h8H,2-7,11H2,1H3,(H2,12,13,14). The molecule has 0 aromatic rings. The van der Waals surface area contributed by atoms with Gasteiger partial charge in [0.15, 0.2) is 0 Å². The van der Waals surface area contributed by atoms with E-state index >= 15 is 0 Å². The van der Waals surface area contributed by atoms with E-state index in [0.717, 1.165) is 25.0 Å². The molecule has 14 heavy (non-hydrogen) atoms. The Balaban J connectivity index is 1.84. The van der Waals surface area contributed by atoms with Gasteiger partial charge < -0.3 is 5.32 Å². The summed E-state index contributed by atoms with van der Waals surface area (Å²) in [5.41, 5.74) is 3.17. The summed E-state index contributed by atoms with van der Waals surface area (Å²) in [5.74, 6) is 7.06. The third-order valence-corrected chi connectivity index (χ3v) is 3.37. The normalized spacial score (nSPS) is 24.6. The van der Waals surface area contributed by atoms with Gasteiger partial charge in [-0.1, -0.05) is 0 Å². The van der Waals surface area contributed by atoms with Crippen LogP contribution in [-0.2, 0) is 0 Å². The maximum Gasteiger partial charge on any atom is 0.205 e. The Hall–Kier alpha value is -0.770. The predicted octanol–water partition coefficient (Wildman–Crippen LogP) is 0.605. The summed E-state index contributed by atoms with van der Waals surface area (Å²) in [6.07, 6.45) is 5.57. The molecule has 4 heteroatoms. The summed E-state index contributed by atoms with van der Waals surface area (Å²) < 4.78 is 0. The van der Waals surface area contributed by atoms with Crippen molar-refractivity contribution in [2.24, 2.45) is 22.2 Å². The van der Waals surface area contributed by atoms with Crippen molar-refractivity contribution in [3.05, 3.63) is 0 Å². The molecule has 2 fully saturated rings. The zero-order chi connectivity index (χ0) is 10.0. The Labute approximate surface area is 85.3 Å². The molecule has 0 radical (unpaired) electrons. The van der Waals surface area contributed by atoms with Crippen LogP contribution in [0.2, 0.25) is 0 Å². The lowest BCUT2D eigenvalue weighted by Crippen LogP contribution is -2.41. The molecule has 2 aliphatic carbocycles. The minimum atomic E-state index is 0.567. The largest absolute Gasteiger partial charge is 0.356 e. The number of nitrogens with zero attached hydrogens (tertiary/aromatic N) is 1. The quantitative estimate of drug-likeness (QED) is 0.267. The predicted molar refractivity (Wildman–Crippen MR) is 57.7 cm³/mol. The number of nitrogens with two attached hydrogens (primary N) is 1. The van der Waals surface area contributed by atoms with E-state index in [4.69, 9.17) is 5.84 Å². The molecule has 0 spiro atoms. The van der Waals surface area contributed by atoms with Gasteiger partial charge in [-0.05, 0) is 43.9 Å². The van der Waals surface area contributed by atoms with Gasteiger partial charge in [0.2, 0.25) is 5.96 Å². The summed E-state index contributed by atoms with van der Waals surface area (Å²) in [7, 11) is 0. The first-order valence-corrected chi connectivity index (χ1v) is 5.56. The Bertz CT molecular complexity index is 228. The van der Waals surface area contributed by atoms with Crippen LogP contribution in [0.15, 0.2) is 4.99 Å². The average Bonchev–Trinajstić information content (AvgIpc) is 3.04. The molecule has 2 aliphatic rings. The lowest BCUT2D eigenvalue weighted by Gasteiger charge is -2.12. The Morgan fingerprint density at radius 2 is 2.21 bits per heavy atom. The highest BCUT2D eigenvalue weighted by molar-refractivity contribution is 5.79. The SMILES string of the molecule is CCNC(=NCC1(C2CC2)CC1)NN. The van der Waals surface area contributed by atoms with Gasteiger partial charge in [0.1, 0.15) is 0 Å². The molecule has 0 aliphatic heterocycles. The summed E-state index contributed by atoms with van der Waals surface area (Å²) in [6.45, 7) is 3.85. The van der Waals surface area contributed by atoms with Crippen LogP contribution >= 0.6 is 0 Å². The van der Waals surface area contributed by atoms with Crippen molar-refractivity contribution in [1.29, 1.82) is 0 Å². The highest BCUT2D eigenvalue weighted by atomic mass is 15.3. The molecule has 80 valence electrons. The number of hydrogen-bond acceptors (Lipinski definition) is 2. The van der Waals surface area contributed by atoms with Crippen molar-refractivity contribution >= 4 is 5.96 Å². The second-order valence-corrected chi connectivity index (χ2v) is 4.48. The number of guanidine groups is 1. The van der Waals surface area contributed by atoms with E-state index in [9.17, 15) is 0 Å². The van der Waals surface area contributed by atoms with Crippen LogP contribution in [0.5, 0.6) is 0 Å². The number of hydrogen-bond donors (Lipinski definition) is 3. The van der Waals surface area contributed by atoms with Gasteiger partial charge in [-0.3, -0.25) is 10.4 Å². The van der Waals surface area contributed by atoms with E-state index in [0.29, 0.717) is 5.41 Å². The van der Waals surface area contributed by atoms with Crippen molar-refractivity contribution in [1.82, 2.24) is 10.7 Å². The molecule has 2 rings (SSSR count). The third-order valence-electron chi connectivity index (χ3n) is 3.37. The molecule has 0 amide bonds. The van der Waals surface area contributed by atoms with Gasteiger partial charge in [-0.2, -0.15) is 0 Å². The highest BCUT2D eigenvalue weighted by Crippen LogP contribution is 2.61. The van der Waals surface area contributed by atoms with Gasteiger partial charge in [0.05, 0.1) is 0 Å². The zero-order valence-electron chi connectivity index (χ0n) is 8.84. The Morgan fingerprint density at radius 1 is 1.50 bits per heavy atom. The molecule has 4 N–H and O–H groups in total. The molecule has 0 aromatic carbocycles. The van der Waals surface area contributed by atoms with Crippen molar-refractivity contribution in [3.63, 3.8) is 0 Å². The topological polar surface area (TPSA) is 62.4 Å². The lowest BCUT2D eigenvalue weighted by molar-refractivity contribution is 0.452. The van der Waals surface area contributed by atoms with E-state index in [2.05, 4.69) is 15.7 Å². The summed E-state index contributed by atoms with van der Waals surface area (Å²) >= 11 is 0. The van der Waals surface area contributed by atoms with E-state index in [-0.39, 0.29) is 0 Å². The van der Waals surface area contributed by atoms with Gasteiger partial charge >= 0.3 is 0 Å². The maximum atomic E-state index is 5.36. The molecule has 2 saturated carbocycles. The number of rotatable bonds is 4. The lowest BCUT2D eigenvalue weighted by atomic mass is 10.0. The molecule has 0 saturated heterocycles. The number of hydrazine groups is 1. The first kappa shape index (κ1) is 9.77. The monoisotopic (exact) mass is 196 g/mol. The highest BCUT2D eigenvalue weighted by Gasteiger charge is 2.53. The van der Waals surface area contributed by atoms with E-state index in [1.54, 1.807) is 0 Å². The minimum Gasteiger partial charge on any atom is -0.356 e. The maximum absolute atomic E-state index is 5.36. The average molecular weight is 196 g/mol. The first-order chi connectivity index (χ1) is 6.80. The molecule has 0 heterocycles. The molecular weight excluding hydrogens is 176 g/mol. The van der Waals surface area contributed by atoms with E-state index in [1.807, 2.05) is 6.92 Å². The minimum absolute atomic E-state index is 0.567. The zero-order valence-corrected chi connectivity index (χ0v) is 8.84. The number of nitrogens with one attached hydrogen (secondary N) is 2. The van der Waals surface area contributed by atoms with Crippen LogP contribution in [0.25, 0.3) is 0 Å². The fourth-order valence-corrected chi connectivity index (χ4v) is 2.11. The fraction of sp³-hybridized carbons (Fsp3) is 0.900. The summed E-state index contributed by atoms with van der Waals surface area (Å²) in [6, 6.07) is 0. The molecular formula is C10H20N4. The smallest absolute Gasteiger partial charge is 0.205 e. The van der Waals surface area contributed by atoms with Gasteiger partial charge in [0, 0.05) is 13.1 Å². The van der Waals surface area contributed by atoms with E-state index in [1.165, 1.54) is 25.7 Å². The number of aliphatic imine (C=N–C) groups is 1. The van der Waals surface area contributed by atoms with Gasteiger partial charge in [-0.15, -0.1) is 0 Å². The fourth-order valence-electron chi connectivity index (χ4n) is 2.11. The first-order valence-electron chi connectivity index (χ1n) is 5.56. The van der Waals surface area contributed by atoms with Crippen molar-refractivity contribution < 1.29 is 0 Å².